The van der Waals surface area contributed by atoms with Crippen LogP contribution in [-0.4, -0.2) is 31.5 Å². The van der Waals surface area contributed by atoms with Gasteiger partial charge in [0.15, 0.2) is 10.9 Å². The summed E-state index contributed by atoms with van der Waals surface area (Å²) in [6, 6.07) is 1.94. The van der Waals surface area contributed by atoms with Crippen molar-refractivity contribution in [2.75, 3.05) is 16.8 Å². The molecule has 1 N–H and O–H groups in total. The van der Waals surface area contributed by atoms with Crippen LogP contribution in [0, 0.1) is 6.92 Å². The lowest BCUT2D eigenvalue weighted by Crippen LogP contribution is -2.26. The number of thiazole rings is 1. The van der Waals surface area contributed by atoms with Crippen LogP contribution >= 0.6 is 11.3 Å². The Morgan fingerprint density at radius 1 is 1.08 bits per heavy atom. The van der Waals surface area contributed by atoms with Crippen molar-refractivity contribution >= 4 is 28.2 Å². The van der Waals surface area contributed by atoms with Gasteiger partial charge in [0, 0.05) is 42.4 Å². The molecule has 1 aliphatic heterocycles. The SMILES string of the molecule is Cc1cnc(Nc2nccnc2[C@H]2CCCN2c2ncccn2)s1. The van der Waals surface area contributed by atoms with Crippen molar-refractivity contribution in [1.29, 1.82) is 0 Å². The molecule has 8 heteroatoms. The Balaban J connectivity index is 1.66. The highest BCUT2D eigenvalue weighted by molar-refractivity contribution is 7.15. The highest BCUT2D eigenvalue weighted by atomic mass is 32.1. The molecule has 0 unspecified atom stereocenters. The highest BCUT2D eigenvalue weighted by Crippen LogP contribution is 2.36. The Bertz CT molecular complexity index is 820. The molecule has 24 heavy (non-hydrogen) atoms. The van der Waals surface area contributed by atoms with E-state index >= 15 is 0 Å². The van der Waals surface area contributed by atoms with Crippen LogP contribution in [0.1, 0.15) is 29.5 Å². The zero-order valence-electron chi connectivity index (χ0n) is 13.3. The first kappa shape index (κ1) is 14.9. The average molecular weight is 339 g/mol. The molecule has 0 spiro atoms. The van der Waals surface area contributed by atoms with E-state index in [9.17, 15) is 0 Å². The Hall–Kier alpha value is -2.61. The maximum atomic E-state index is 4.59. The lowest BCUT2D eigenvalue weighted by atomic mass is 10.1. The maximum absolute atomic E-state index is 4.59. The van der Waals surface area contributed by atoms with Gasteiger partial charge in [-0.15, -0.1) is 11.3 Å². The molecule has 122 valence electrons. The average Bonchev–Trinajstić information content (AvgIpc) is 3.25. The molecule has 4 rings (SSSR count). The molecule has 3 aromatic heterocycles. The fourth-order valence-corrected chi connectivity index (χ4v) is 3.60. The number of hydrogen-bond donors (Lipinski definition) is 1. The molecule has 7 nitrogen and oxygen atoms in total. The van der Waals surface area contributed by atoms with E-state index in [1.165, 1.54) is 0 Å². The molecule has 0 aromatic carbocycles. The normalized spacial score (nSPS) is 17.2. The molecule has 0 radical (unpaired) electrons. The third-order valence-corrected chi connectivity index (χ3v) is 4.78. The van der Waals surface area contributed by atoms with Gasteiger partial charge in [-0.2, -0.15) is 0 Å². The summed E-state index contributed by atoms with van der Waals surface area (Å²) < 4.78 is 0. The largest absolute Gasteiger partial charge is 0.332 e. The second-order valence-electron chi connectivity index (χ2n) is 5.59. The molecule has 0 amide bonds. The van der Waals surface area contributed by atoms with Crippen molar-refractivity contribution < 1.29 is 0 Å². The van der Waals surface area contributed by atoms with E-state index in [0.29, 0.717) is 0 Å². The summed E-state index contributed by atoms with van der Waals surface area (Å²) in [4.78, 5) is 25.6. The van der Waals surface area contributed by atoms with Crippen LogP contribution < -0.4 is 10.2 Å². The quantitative estimate of drug-likeness (QED) is 0.782. The first-order valence-electron chi connectivity index (χ1n) is 7.85. The van der Waals surface area contributed by atoms with Gasteiger partial charge in [0.1, 0.15) is 5.69 Å². The summed E-state index contributed by atoms with van der Waals surface area (Å²) in [5.74, 6) is 1.49. The minimum absolute atomic E-state index is 0.115. The Morgan fingerprint density at radius 2 is 1.92 bits per heavy atom. The molecule has 1 atom stereocenters. The van der Waals surface area contributed by atoms with Crippen LogP contribution in [0.2, 0.25) is 0 Å². The second-order valence-corrected chi connectivity index (χ2v) is 6.83. The fourth-order valence-electron chi connectivity index (χ4n) is 2.93. The number of aryl methyl sites for hydroxylation is 1. The van der Waals surface area contributed by atoms with Crippen LogP contribution in [0.3, 0.4) is 0 Å². The zero-order chi connectivity index (χ0) is 16.4. The zero-order valence-corrected chi connectivity index (χ0v) is 14.1. The van der Waals surface area contributed by atoms with Gasteiger partial charge in [0.25, 0.3) is 0 Å². The van der Waals surface area contributed by atoms with Gasteiger partial charge in [-0.3, -0.25) is 4.98 Å². The minimum Gasteiger partial charge on any atom is -0.332 e. The van der Waals surface area contributed by atoms with E-state index in [4.69, 9.17) is 0 Å². The summed E-state index contributed by atoms with van der Waals surface area (Å²) in [6.07, 6.45) is 10.9. The molecular weight excluding hydrogens is 322 g/mol. The first-order chi connectivity index (χ1) is 11.8. The molecule has 0 bridgehead atoms. The third kappa shape index (κ3) is 2.92. The number of hydrogen-bond acceptors (Lipinski definition) is 8. The van der Waals surface area contributed by atoms with Crippen molar-refractivity contribution in [3.05, 3.63) is 47.6 Å². The molecule has 0 aliphatic carbocycles. The van der Waals surface area contributed by atoms with Crippen LogP contribution in [0.25, 0.3) is 0 Å². The summed E-state index contributed by atoms with van der Waals surface area (Å²) in [5, 5.41) is 4.14. The summed E-state index contributed by atoms with van der Waals surface area (Å²) in [6.45, 7) is 2.95. The van der Waals surface area contributed by atoms with Gasteiger partial charge >= 0.3 is 0 Å². The standard InChI is InChI=1S/C16H17N7S/c1-11-10-21-16(24-11)22-14-13(17-7-8-18-14)12-4-2-9-23(12)15-19-5-3-6-20-15/h3,5-8,10,12H,2,4,9H2,1H3,(H,18,21,22)/t12-/m1/s1. The topological polar surface area (TPSA) is 79.7 Å². The van der Waals surface area contributed by atoms with E-state index in [1.54, 1.807) is 36.1 Å². The minimum atomic E-state index is 0.115. The first-order valence-corrected chi connectivity index (χ1v) is 8.67. The number of aromatic nitrogens is 5. The Labute approximate surface area is 143 Å². The molecular formula is C16H17N7S. The number of nitrogens with one attached hydrogen (secondary N) is 1. The Kier molecular flexibility index (Phi) is 4.04. The molecule has 1 saturated heterocycles. The van der Waals surface area contributed by atoms with Gasteiger partial charge < -0.3 is 10.2 Å². The monoisotopic (exact) mass is 339 g/mol. The predicted molar refractivity (Wildman–Crippen MR) is 93.5 cm³/mol. The van der Waals surface area contributed by atoms with Gasteiger partial charge in [-0.25, -0.2) is 19.9 Å². The van der Waals surface area contributed by atoms with Crippen molar-refractivity contribution in [2.45, 2.75) is 25.8 Å². The summed E-state index contributed by atoms with van der Waals surface area (Å²) in [5.41, 5.74) is 0.912. The van der Waals surface area contributed by atoms with Gasteiger partial charge in [0.2, 0.25) is 5.95 Å². The number of nitrogens with zero attached hydrogens (tertiary/aromatic N) is 6. The molecule has 1 aliphatic rings. The number of anilines is 3. The smallest absolute Gasteiger partial charge is 0.225 e. The molecule has 3 aromatic rings. The third-order valence-electron chi connectivity index (χ3n) is 3.95. The highest BCUT2D eigenvalue weighted by Gasteiger charge is 2.31. The van der Waals surface area contributed by atoms with Crippen LogP contribution in [-0.2, 0) is 0 Å². The van der Waals surface area contributed by atoms with Gasteiger partial charge in [-0.05, 0) is 25.8 Å². The summed E-state index contributed by atoms with van der Waals surface area (Å²) >= 11 is 1.60. The fraction of sp³-hybridized carbons (Fsp3) is 0.312. The van der Waals surface area contributed by atoms with Crippen LogP contribution in [0.5, 0.6) is 0 Å². The van der Waals surface area contributed by atoms with Crippen molar-refractivity contribution in [3.63, 3.8) is 0 Å². The van der Waals surface area contributed by atoms with Crippen LogP contribution in [0.15, 0.2) is 37.1 Å². The van der Waals surface area contributed by atoms with E-state index in [1.807, 2.05) is 19.2 Å². The second kappa shape index (κ2) is 6.48. The van der Waals surface area contributed by atoms with Gasteiger partial charge in [0.05, 0.1) is 6.04 Å². The van der Waals surface area contributed by atoms with E-state index < -0.39 is 0 Å². The maximum Gasteiger partial charge on any atom is 0.225 e. The Morgan fingerprint density at radius 3 is 2.71 bits per heavy atom. The van der Waals surface area contributed by atoms with Crippen molar-refractivity contribution in [2.24, 2.45) is 0 Å². The van der Waals surface area contributed by atoms with Gasteiger partial charge in [-0.1, -0.05) is 0 Å². The number of rotatable bonds is 4. The van der Waals surface area contributed by atoms with E-state index in [0.717, 1.165) is 46.9 Å². The van der Waals surface area contributed by atoms with E-state index in [-0.39, 0.29) is 6.04 Å². The molecule has 1 fully saturated rings. The van der Waals surface area contributed by atoms with Crippen molar-refractivity contribution in [3.8, 4) is 0 Å². The lowest BCUT2D eigenvalue weighted by molar-refractivity contribution is 0.677. The summed E-state index contributed by atoms with van der Waals surface area (Å²) in [7, 11) is 0. The van der Waals surface area contributed by atoms with E-state index in [2.05, 4.69) is 35.1 Å². The molecule has 4 heterocycles. The predicted octanol–water partition coefficient (Wildman–Crippen LogP) is 3.12. The van der Waals surface area contributed by atoms with Crippen molar-refractivity contribution in [1.82, 2.24) is 24.9 Å². The lowest BCUT2D eigenvalue weighted by Gasteiger charge is -2.25. The van der Waals surface area contributed by atoms with Crippen LogP contribution in [0.4, 0.5) is 16.9 Å². The molecule has 0 saturated carbocycles.